The van der Waals surface area contributed by atoms with Gasteiger partial charge < -0.3 is 19.4 Å². The molecule has 3 unspecified atom stereocenters. The zero-order valence-corrected chi connectivity index (χ0v) is 49.6. The van der Waals surface area contributed by atoms with E-state index in [2.05, 4.69) is 38.2 Å². The fourth-order valence-corrected chi connectivity index (χ4v) is 10.0. The second-order valence-electron chi connectivity index (χ2n) is 22.6. The Morgan fingerprint density at radius 1 is 0.472 bits per heavy atom. The van der Waals surface area contributed by atoms with Gasteiger partial charge in [-0.3, -0.25) is 18.6 Å². The Morgan fingerprint density at radius 3 is 1.19 bits per heavy atom. The number of ether oxygens (including phenoxy) is 1. The molecule has 0 aliphatic rings. The molecule has 72 heavy (non-hydrogen) atoms. The highest BCUT2D eigenvalue weighted by molar-refractivity contribution is 7.47. The maximum atomic E-state index is 13.5. The van der Waals surface area contributed by atoms with Crippen molar-refractivity contribution < 1.29 is 37.3 Å². The Bertz CT molecular complexity index is 1290. The minimum Gasteiger partial charge on any atom is -0.456 e. The Kier molecular flexibility index (Phi) is 51.8. The average Bonchev–Trinajstić information content (AvgIpc) is 3.34. The van der Waals surface area contributed by atoms with Crippen LogP contribution in [-0.2, 0) is 27.9 Å². The van der Waals surface area contributed by atoms with Crippen molar-refractivity contribution in [3.05, 3.63) is 24.3 Å². The van der Waals surface area contributed by atoms with E-state index in [1.54, 1.807) is 0 Å². The van der Waals surface area contributed by atoms with Crippen molar-refractivity contribution in [2.24, 2.45) is 0 Å². The molecule has 0 aromatic heterocycles. The lowest BCUT2D eigenvalue weighted by Crippen LogP contribution is -2.47. The molecule has 10 heteroatoms. The molecule has 1 amide bonds. The van der Waals surface area contributed by atoms with Crippen LogP contribution < -0.4 is 5.32 Å². The number of rotatable bonds is 57. The predicted octanol–water partition coefficient (Wildman–Crippen LogP) is 18.9. The van der Waals surface area contributed by atoms with E-state index >= 15 is 0 Å². The van der Waals surface area contributed by atoms with Crippen LogP contribution in [0.25, 0.3) is 0 Å². The standard InChI is InChI=1S/C62H121N2O7P/c1-7-10-13-16-19-22-25-28-30-31-32-33-35-37-40-43-46-49-52-55-62(66)71-60(53-50-47-44-41-38-27-24-21-18-15-12-9-3)59(58-70-72(67,68)69-57-56-64(4,5)6)63-61(65)54-51-48-45-42-39-36-34-29-26-23-20-17-14-11-8-2/h23,26,50,53,59-60H,7-22,24-25,27-49,51-52,54-58H2,1-6H3,(H-,63,65,67,68)/p+1/b26-23-,53-50+. The van der Waals surface area contributed by atoms with Crippen molar-refractivity contribution >= 4 is 19.7 Å². The third-order valence-corrected chi connectivity index (χ3v) is 15.1. The number of nitrogens with one attached hydrogen (secondary N) is 1. The quantitative estimate of drug-likeness (QED) is 0.0205. The van der Waals surface area contributed by atoms with Crippen LogP contribution in [0.2, 0.25) is 0 Å². The number of amides is 1. The minimum atomic E-state index is -4.44. The smallest absolute Gasteiger partial charge is 0.456 e. The molecule has 0 fully saturated rings. The van der Waals surface area contributed by atoms with Crippen LogP contribution in [0.3, 0.4) is 0 Å². The molecule has 0 saturated carbocycles. The van der Waals surface area contributed by atoms with Gasteiger partial charge in [-0.05, 0) is 57.4 Å². The summed E-state index contributed by atoms with van der Waals surface area (Å²) in [4.78, 5) is 37.7. The Morgan fingerprint density at radius 2 is 0.806 bits per heavy atom. The summed E-state index contributed by atoms with van der Waals surface area (Å²) in [5.74, 6) is -0.494. The summed E-state index contributed by atoms with van der Waals surface area (Å²) in [6.45, 7) is 7.04. The third-order valence-electron chi connectivity index (χ3n) is 14.1. The van der Waals surface area contributed by atoms with Crippen molar-refractivity contribution in [2.45, 2.75) is 322 Å². The number of carbonyl (C=O) groups excluding carboxylic acids is 2. The molecule has 0 rings (SSSR count). The number of phosphoric acid groups is 1. The SMILES string of the molecule is CCCCCC/C=C\CCCCCCCCCC(=O)NC(COP(=O)(O)OCC[N+](C)(C)C)C(/C=C/CCCCCCCCCCCC)OC(=O)CCCCCCCCCCCCCCCCCCCCC. The molecule has 9 nitrogen and oxygen atoms in total. The minimum absolute atomic E-state index is 0.0428. The monoisotopic (exact) mass is 1040 g/mol. The summed E-state index contributed by atoms with van der Waals surface area (Å²) in [6, 6.07) is -0.844. The van der Waals surface area contributed by atoms with Gasteiger partial charge in [0, 0.05) is 12.8 Å². The fraction of sp³-hybridized carbons (Fsp3) is 0.903. The molecule has 0 spiro atoms. The van der Waals surface area contributed by atoms with E-state index in [0.717, 1.165) is 64.2 Å². The summed E-state index contributed by atoms with van der Waals surface area (Å²) in [5, 5.41) is 3.06. The molecule has 0 aromatic rings. The van der Waals surface area contributed by atoms with Crippen molar-refractivity contribution in [1.82, 2.24) is 5.32 Å². The summed E-state index contributed by atoms with van der Waals surface area (Å²) in [7, 11) is 1.51. The van der Waals surface area contributed by atoms with Crippen LogP contribution in [0.1, 0.15) is 310 Å². The van der Waals surface area contributed by atoms with Crippen LogP contribution in [0.4, 0.5) is 0 Å². The van der Waals surface area contributed by atoms with E-state index in [9.17, 15) is 19.0 Å². The number of phosphoric ester groups is 1. The number of carbonyl (C=O) groups is 2. The van der Waals surface area contributed by atoms with Gasteiger partial charge >= 0.3 is 13.8 Å². The molecular weight excluding hydrogens is 916 g/mol. The first-order chi connectivity index (χ1) is 34.9. The van der Waals surface area contributed by atoms with E-state index in [4.69, 9.17) is 13.8 Å². The highest BCUT2D eigenvalue weighted by Gasteiger charge is 2.30. The molecule has 0 aromatic carbocycles. The highest BCUT2D eigenvalue weighted by Crippen LogP contribution is 2.43. The van der Waals surface area contributed by atoms with Crippen molar-refractivity contribution in [1.29, 1.82) is 0 Å². The zero-order valence-electron chi connectivity index (χ0n) is 48.7. The van der Waals surface area contributed by atoms with Gasteiger partial charge in [0.25, 0.3) is 0 Å². The van der Waals surface area contributed by atoms with Crippen LogP contribution in [0, 0.1) is 0 Å². The van der Waals surface area contributed by atoms with Gasteiger partial charge in [-0.15, -0.1) is 0 Å². The van der Waals surface area contributed by atoms with Gasteiger partial charge in [0.2, 0.25) is 5.91 Å². The topological polar surface area (TPSA) is 111 Å². The Hall–Kier alpha value is -1.51. The Labute approximate surface area is 447 Å². The Balaban J connectivity index is 5.22. The first-order valence-corrected chi connectivity index (χ1v) is 32.7. The van der Waals surface area contributed by atoms with Crippen LogP contribution >= 0.6 is 7.82 Å². The van der Waals surface area contributed by atoms with Crippen LogP contribution in [0.15, 0.2) is 24.3 Å². The second kappa shape index (κ2) is 52.9. The fourth-order valence-electron chi connectivity index (χ4n) is 9.29. The van der Waals surface area contributed by atoms with E-state index in [-0.39, 0.29) is 25.1 Å². The maximum absolute atomic E-state index is 13.5. The van der Waals surface area contributed by atoms with E-state index in [0.29, 0.717) is 23.9 Å². The normalized spacial score (nSPS) is 13.8. The summed E-state index contributed by atoms with van der Waals surface area (Å²) < 4.78 is 30.7. The average molecular weight is 1040 g/mol. The molecular formula is C62H122N2O7P+. The van der Waals surface area contributed by atoms with Gasteiger partial charge in [0.15, 0.2) is 0 Å². The molecule has 3 atom stereocenters. The van der Waals surface area contributed by atoms with Gasteiger partial charge in [-0.2, -0.15) is 0 Å². The third kappa shape index (κ3) is 53.3. The number of esters is 1. The summed E-state index contributed by atoms with van der Waals surface area (Å²) in [6.07, 6.45) is 61.7. The number of nitrogens with zero attached hydrogens (tertiary/aromatic N) is 1. The lowest BCUT2D eigenvalue weighted by molar-refractivity contribution is -0.870. The molecule has 0 aliphatic carbocycles. The van der Waals surface area contributed by atoms with Crippen molar-refractivity contribution in [3.8, 4) is 0 Å². The lowest BCUT2D eigenvalue weighted by Gasteiger charge is -2.27. The van der Waals surface area contributed by atoms with Gasteiger partial charge in [0.05, 0.1) is 33.8 Å². The number of hydrogen-bond acceptors (Lipinski definition) is 6. The molecule has 0 radical (unpaired) electrons. The van der Waals surface area contributed by atoms with E-state index in [1.807, 2.05) is 33.3 Å². The summed E-state index contributed by atoms with van der Waals surface area (Å²) in [5.41, 5.74) is 0. The molecule has 0 aliphatic heterocycles. The number of likely N-dealkylation sites (N-methyl/N-ethyl adjacent to an activating group) is 1. The first kappa shape index (κ1) is 70.5. The molecule has 0 heterocycles. The number of allylic oxidation sites excluding steroid dienone is 3. The van der Waals surface area contributed by atoms with Crippen molar-refractivity contribution in [3.63, 3.8) is 0 Å². The number of unbranched alkanes of at least 4 members (excludes halogenated alkanes) is 39. The van der Waals surface area contributed by atoms with Gasteiger partial charge in [0.1, 0.15) is 19.3 Å². The first-order valence-electron chi connectivity index (χ1n) is 31.2. The molecule has 2 N–H and O–H groups in total. The molecule has 0 bridgehead atoms. The van der Waals surface area contributed by atoms with Crippen LogP contribution in [0.5, 0.6) is 0 Å². The molecule has 0 saturated heterocycles. The van der Waals surface area contributed by atoms with Crippen molar-refractivity contribution in [2.75, 3.05) is 40.9 Å². The second-order valence-corrected chi connectivity index (χ2v) is 24.0. The van der Waals surface area contributed by atoms with Gasteiger partial charge in [-0.1, -0.05) is 264 Å². The largest absolute Gasteiger partial charge is 0.472 e. The van der Waals surface area contributed by atoms with Gasteiger partial charge in [-0.25, -0.2) is 4.57 Å². The summed E-state index contributed by atoms with van der Waals surface area (Å²) >= 11 is 0. The van der Waals surface area contributed by atoms with E-state index in [1.165, 1.54) is 212 Å². The van der Waals surface area contributed by atoms with E-state index < -0.39 is 20.0 Å². The maximum Gasteiger partial charge on any atom is 0.472 e. The lowest BCUT2D eigenvalue weighted by atomic mass is 10.0. The number of hydrogen-bond donors (Lipinski definition) is 2. The zero-order chi connectivity index (χ0) is 52.9. The highest BCUT2D eigenvalue weighted by atomic mass is 31.2. The molecule has 426 valence electrons. The predicted molar refractivity (Wildman–Crippen MR) is 310 cm³/mol. The number of quaternary nitrogens is 1. The van der Waals surface area contributed by atoms with Crippen LogP contribution in [-0.4, -0.2) is 74.3 Å².